The monoisotopic (exact) mass is 600 g/mol. The van der Waals surface area contributed by atoms with Crippen molar-refractivity contribution in [1.82, 2.24) is 10.2 Å². The number of nitrogens with one attached hydrogen (secondary N) is 1. The fourth-order valence-electron chi connectivity index (χ4n) is 11.2. The lowest BCUT2D eigenvalue weighted by molar-refractivity contribution is -0.121. The molecule has 10 unspecified atom stereocenters. The molecule has 5 nitrogen and oxygen atoms in total. The summed E-state index contributed by atoms with van der Waals surface area (Å²) in [6.45, 7) is 12.5. The number of allylic oxidation sites excluding steroid dienone is 2. The molecule has 10 atom stereocenters. The highest BCUT2D eigenvalue weighted by Gasteiger charge is 2.59. The number of amides is 1. The molecule has 2 aliphatic heterocycles. The fraction of sp³-hybridized carbons (Fsp3) is 0.718. The zero-order valence-corrected chi connectivity index (χ0v) is 27.7. The molecule has 2 N–H and O–H groups in total. The van der Waals surface area contributed by atoms with E-state index in [2.05, 4.69) is 56.1 Å². The maximum Gasteiger partial charge on any atom is 0.220 e. The lowest BCUT2D eigenvalue weighted by Gasteiger charge is -2.49. The van der Waals surface area contributed by atoms with Gasteiger partial charge >= 0.3 is 0 Å². The highest BCUT2D eigenvalue weighted by molar-refractivity contribution is 5.76. The quantitative estimate of drug-likeness (QED) is 0.351. The van der Waals surface area contributed by atoms with E-state index < -0.39 is 0 Å². The van der Waals surface area contributed by atoms with Crippen LogP contribution in [0.15, 0.2) is 53.1 Å². The molecule has 1 spiro atoms. The van der Waals surface area contributed by atoms with Crippen LogP contribution < -0.4 is 5.32 Å². The van der Waals surface area contributed by atoms with Crippen molar-refractivity contribution in [2.75, 3.05) is 19.6 Å². The third-order valence-electron chi connectivity index (χ3n) is 13.5. The Morgan fingerprint density at radius 3 is 2.77 bits per heavy atom. The first-order chi connectivity index (χ1) is 21.2. The first kappa shape index (κ1) is 30.7. The Hall–Kier alpha value is -1.95. The van der Waals surface area contributed by atoms with Crippen LogP contribution in [0.5, 0.6) is 0 Å². The second-order valence-corrected chi connectivity index (χ2v) is 16.0. The normalized spacial score (nSPS) is 41.8. The molecule has 2 saturated heterocycles. The molecule has 1 aromatic rings. The number of carbonyl (C=O) groups is 1. The van der Waals surface area contributed by atoms with Gasteiger partial charge in [0.2, 0.25) is 5.91 Å². The van der Waals surface area contributed by atoms with Gasteiger partial charge < -0.3 is 15.2 Å². The molecular weight excluding hydrogens is 544 g/mol. The summed E-state index contributed by atoms with van der Waals surface area (Å²) in [5.41, 5.74) is 6.40. The number of ether oxygens (including phenoxy) is 1. The second-order valence-electron chi connectivity index (χ2n) is 16.0. The number of rotatable bonds is 6. The Kier molecular flexibility index (Phi) is 8.38. The minimum absolute atomic E-state index is 0.0634. The van der Waals surface area contributed by atoms with E-state index >= 15 is 0 Å². The van der Waals surface area contributed by atoms with Crippen molar-refractivity contribution >= 4 is 5.91 Å². The molecule has 7 rings (SSSR count). The standard InChI is InChI=1S/C39H56N2O3/c1-25-20-35-37(41(24-25)19-18-40-36(43)13-10-28-8-6-5-7-9-28)27(3)39(44-35)17-15-31-32-12-11-29-21-30(42)14-16-38(29,4)34(32)22-33(31)26(2)23-39/h5-9,21,25,27,30-32,34-35,37,42H,10-20,22-24H2,1-4H3,(H,40,43). The first-order valence-electron chi connectivity index (χ1n) is 18.0. The Bertz CT molecular complexity index is 1290. The third kappa shape index (κ3) is 5.43. The van der Waals surface area contributed by atoms with E-state index in [0.29, 0.717) is 42.9 Å². The number of fused-ring (bicyclic) bond motifs is 6. The molecule has 1 aromatic carbocycles. The molecule has 44 heavy (non-hydrogen) atoms. The second kappa shape index (κ2) is 12.0. The molecule has 6 aliphatic rings. The van der Waals surface area contributed by atoms with Crippen LogP contribution in [0.1, 0.15) is 97.5 Å². The number of piperidine rings is 1. The number of likely N-dealkylation sites (tertiary alicyclic amines) is 1. The summed E-state index contributed by atoms with van der Waals surface area (Å²) in [6, 6.07) is 10.7. The van der Waals surface area contributed by atoms with Crippen LogP contribution in [0.3, 0.4) is 0 Å². The minimum atomic E-state index is -0.231. The van der Waals surface area contributed by atoms with E-state index in [1.807, 2.05) is 18.2 Å². The highest BCUT2D eigenvalue weighted by atomic mass is 16.5. The largest absolute Gasteiger partial charge is 0.389 e. The molecule has 4 fully saturated rings. The molecule has 4 aliphatic carbocycles. The van der Waals surface area contributed by atoms with Crippen LogP contribution in [-0.2, 0) is 16.0 Å². The van der Waals surface area contributed by atoms with Crippen molar-refractivity contribution in [2.45, 2.75) is 122 Å². The zero-order valence-electron chi connectivity index (χ0n) is 27.7. The van der Waals surface area contributed by atoms with Crippen LogP contribution in [0.2, 0.25) is 0 Å². The predicted molar refractivity (Wildman–Crippen MR) is 176 cm³/mol. The van der Waals surface area contributed by atoms with Gasteiger partial charge in [-0.2, -0.15) is 0 Å². The van der Waals surface area contributed by atoms with Crippen molar-refractivity contribution < 1.29 is 14.6 Å². The molecule has 5 heteroatoms. The number of hydrogen-bond acceptors (Lipinski definition) is 4. The number of carbonyl (C=O) groups excluding carboxylic acids is 1. The van der Waals surface area contributed by atoms with Crippen molar-refractivity contribution in [3.8, 4) is 0 Å². The number of aryl methyl sites for hydroxylation is 1. The van der Waals surface area contributed by atoms with Gasteiger partial charge in [0.05, 0.1) is 17.8 Å². The summed E-state index contributed by atoms with van der Waals surface area (Å²) in [5.74, 6) is 3.48. The van der Waals surface area contributed by atoms with Gasteiger partial charge in [0.15, 0.2) is 0 Å². The molecule has 0 radical (unpaired) electrons. The molecule has 1 amide bonds. The van der Waals surface area contributed by atoms with Gasteiger partial charge in [0, 0.05) is 38.0 Å². The van der Waals surface area contributed by atoms with Gasteiger partial charge in [-0.05, 0) is 106 Å². The summed E-state index contributed by atoms with van der Waals surface area (Å²) >= 11 is 0. The van der Waals surface area contributed by atoms with Gasteiger partial charge in [-0.15, -0.1) is 0 Å². The Labute approximate surface area is 265 Å². The smallest absolute Gasteiger partial charge is 0.220 e. The topological polar surface area (TPSA) is 61.8 Å². The van der Waals surface area contributed by atoms with Crippen molar-refractivity contribution in [3.05, 3.63) is 58.7 Å². The molecule has 0 aromatic heterocycles. The fourth-order valence-corrected chi connectivity index (χ4v) is 11.2. The van der Waals surface area contributed by atoms with E-state index in [1.165, 1.54) is 37.7 Å². The Balaban J connectivity index is 1.02. The summed E-state index contributed by atoms with van der Waals surface area (Å²) < 4.78 is 7.29. The van der Waals surface area contributed by atoms with E-state index in [9.17, 15) is 9.90 Å². The van der Waals surface area contributed by atoms with Crippen LogP contribution >= 0.6 is 0 Å². The summed E-state index contributed by atoms with van der Waals surface area (Å²) in [5, 5.41) is 13.6. The van der Waals surface area contributed by atoms with Crippen molar-refractivity contribution in [2.24, 2.45) is 35.0 Å². The number of nitrogens with zero attached hydrogens (tertiary/aromatic N) is 1. The highest BCUT2D eigenvalue weighted by Crippen LogP contribution is 2.64. The molecular formula is C39H56N2O3. The Morgan fingerprint density at radius 1 is 1.14 bits per heavy atom. The lowest BCUT2D eigenvalue weighted by Crippen LogP contribution is -2.53. The molecule has 2 heterocycles. The van der Waals surface area contributed by atoms with Gasteiger partial charge in [0.25, 0.3) is 0 Å². The molecule has 0 bridgehead atoms. The van der Waals surface area contributed by atoms with E-state index in [-0.39, 0.29) is 23.0 Å². The van der Waals surface area contributed by atoms with Crippen LogP contribution in [0.4, 0.5) is 0 Å². The average Bonchev–Trinajstić information content (AvgIpc) is 3.47. The lowest BCUT2D eigenvalue weighted by atomic mass is 9.56. The maximum absolute atomic E-state index is 12.7. The van der Waals surface area contributed by atoms with Gasteiger partial charge in [-0.1, -0.05) is 73.9 Å². The van der Waals surface area contributed by atoms with E-state index in [0.717, 1.165) is 57.0 Å². The maximum atomic E-state index is 12.7. The minimum Gasteiger partial charge on any atom is -0.389 e. The summed E-state index contributed by atoms with van der Waals surface area (Å²) in [4.78, 5) is 15.3. The van der Waals surface area contributed by atoms with Crippen molar-refractivity contribution in [3.63, 3.8) is 0 Å². The summed E-state index contributed by atoms with van der Waals surface area (Å²) in [6.07, 6.45) is 14.1. The molecule has 240 valence electrons. The van der Waals surface area contributed by atoms with Crippen LogP contribution in [0.25, 0.3) is 0 Å². The zero-order chi connectivity index (χ0) is 30.6. The van der Waals surface area contributed by atoms with Crippen LogP contribution in [-0.4, -0.2) is 59.4 Å². The van der Waals surface area contributed by atoms with Gasteiger partial charge in [0.1, 0.15) is 0 Å². The number of benzene rings is 1. The average molecular weight is 601 g/mol. The number of aliphatic hydroxyl groups is 1. The van der Waals surface area contributed by atoms with E-state index in [4.69, 9.17) is 4.74 Å². The summed E-state index contributed by atoms with van der Waals surface area (Å²) in [7, 11) is 0. The predicted octanol–water partition coefficient (Wildman–Crippen LogP) is 6.85. The van der Waals surface area contributed by atoms with Crippen molar-refractivity contribution in [1.29, 1.82) is 0 Å². The van der Waals surface area contributed by atoms with Gasteiger partial charge in [-0.3, -0.25) is 9.69 Å². The third-order valence-corrected chi connectivity index (χ3v) is 13.5. The van der Waals surface area contributed by atoms with E-state index in [1.54, 1.807) is 16.7 Å². The SMILES string of the molecule is CC1=C2CC3C(CCC4=CC(O)CCC43C)C2CCC2(C1)OC1CC(C)CN(CCNC(=O)CCc3ccccc3)C1C2C. The van der Waals surface area contributed by atoms with Gasteiger partial charge in [-0.25, -0.2) is 0 Å². The number of hydrogen-bond donors (Lipinski definition) is 2. The van der Waals surface area contributed by atoms with Crippen LogP contribution in [0, 0.1) is 35.0 Å². The molecule has 2 saturated carbocycles. The Morgan fingerprint density at radius 2 is 1.95 bits per heavy atom. The number of aliphatic hydroxyl groups excluding tert-OH is 1. The first-order valence-corrected chi connectivity index (χ1v) is 18.0.